The van der Waals surface area contributed by atoms with Crippen LogP contribution in [0.2, 0.25) is 0 Å². The molecule has 1 aromatic carbocycles. The Bertz CT molecular complexity index is 1250. The molecule has 1 amide bonds. The summed E-state index contributed by atoms with van der Waals surface area (Å²) in [5, 5.41) is 3.57. The number of nitrogens with one attached hydrogen (secondary N) is 1. The molecule has 2 aliphatic rings. The van der Waals surface area contributed by atoms with Gasteiger partial charge in [-0.1, -0.05) is 0 Å². The average molecular weight is 467 g/mol. The number of hydrogen-bond acceptors (Lipinski definition) is 5. The van der Waals surface area contributed by atoms with Crippen molar-refractivity contribution < 1.29 is 18.0 Å². The van der Waals surface area contributed by atoms with Crippen molar-refractivity contribution in [2.45, 2.75) is 44.6 Å². The number of pyridine rings is 1. The standard InChI is InChI=1S/C25H24F3N5O/c1-14(17-11-19(26)21(28)20(27)12-17)24(34)33-9-6-25(13-33)5-4-16-10-18(15(2)31-22(16)32-25)23-29-7-3-8-30-23/h3,7-8,10-12,14H,4-6,9,13H2,1-2H3,(H,31,32)/t14?,25-/m0/s1. The Labute approximate surface area is 195 Å². The number of rotatable bonds is 3. The maximum atomic E-state index is 13.7. The lowest BCUT2D eigenvalue weighted by atomic mass is 9.86. The summed E-state index contributed by atoms with van der Waals surface area (Å²) in [5.74, 6) is -3.71. The van der Waals surface area contributed by atoms with Crippen molar-refractivity contribution in [1.29, 1.82) is 0 Å². The summed E-state index contributed by atoms with van der Waals surface area (Å²) in [4.78, 5) is 28.3. The third-order valence-corrected chi connectivity index (χ3v) is 6.90. The van der Waals surface area contributed by atoms with E-state index in [9.17, 15) is 18.0 Å². The van der Waals surface area contributed by atoms with Crippen LogP contribution in [-0.4, -0.2) is 44.4 Å². The molecule has 6 nitrogen and oxygen atoms in total. The second-order valence-corrected chi connectivity index (χ2v) is 9.14. The molecule has 1 unspecified atom stereocenters. The molecular formula is C25H24F3N5O. The highest BCUT2D eigenvalue weighted by atomic mass is 19.2. The van der Waals surface area contributed by atoms with Gasteiger partial charge in [-0.15, -0.1) is 0 Å². The van der Waals surface area contributed by atoms with E-state index in [0.29, 0.717) is 18.9 Å². The summed E-state index contributed by atoms with van der Waals surface area (Å²) >= 11 is 0. The zero-order chi connectivity index (χ0) is 24.0. The molecule has 9 heteroatoms. The second-order valence-electron chi connectivity index (χ2n) is 9.14. The molecular weight excluding hydrogens is 443 g/mol. The molecule has 0 bridgehead atoms. The largest absolute Gasteiger partial charge is 0.363 e. The fourth-order valence-electron chi connectivity index (χ4n) is 4.91. The first-order valence-electron chi connectivity index (χ1n) is 11.3. The van der Waals surface area contributed by atoms with Gasteiger partial charge in [0.1, 0.15) is 5.82 Å². The van der Waals surface area contributed by atoms with Crippen molar-refractivity contribution >= 4 is 11.7 Å². The van der Waals surface area contributed by atoms with Crippen LogP contribution in [0.4, 0.5) is 19.0 Å². The van der Waals surface area contributed by atoms with E-state index >= 15 is 0 Å². The first-order valence-corrected chi connectivity index (χ1v) is 11.3. The minimum Gasteiger partial charge on any atom is -0.363 e. The average Bonchev–Trinajstić information content (AvgIpc) is 3.24. The Balaban J connectivity index is 1.33. The Hall–Kier alpha value is -3.49. The lowest BCUT2D eigenvalue weighted by molar-refractivity contribution is -0.131. The highest BCUT2D eigenvalue weighted by molar-refractivity contribution is 5.84. The number of fused-ring (bicyclic) bond motifs is 1. The highest BCUT2D eigenvalue weighted by Crippen LogP contribution is 2.38. The van der Waals surface area contributed by atoms with Gasteiger partial charge in [0, 0.05) is 31.0 Å². The second kappa shape index (κ2) is 8.38. The topological polar surface area (TPSA) is 71.0 Å². The van der Waals surface area contributed by atoms with Gasteiger partial charge in [0.25, 0.3) is 0 Å². The van der Waals surface area contributed by atoms with Gasteiger partial charge in [-0.25, -0.2) is 28.1 Å². The highest BCUT2D eigenvalue weighted by Gasteiger charge is 2.43. The van der Waals surface area contributed by atoms with Crippen molar-refractivity contribution in [3.63, 3.8) is 0 Å². The maximum Gasteiger partial charge on any atom is 0.229 e. The SMILES string of the molecule is Cc1nc2c(cc1-c1ncccn1)CC[C@@]1(CCN(C(=O)C(C)c3cc(F)c(F)c(F)c3)C1)N2. The van der Waals surface area contributed by atoms with Gasteiger partial charge >= 0.3 is 0 Å². The van der Waals surface area contributed by atoms with Crippen molar-refractivity contribution in [2.75, 3.05) is 18.4 Å². The molecule has 0 radical (unpaired) electrons. The fraction of sp³-hybridized carbons (Fsp3) is 0.360. The van der Waals surface area contributed by atoms with Crippen LogP contribution >= 0.6 is 0 Å². The predicted octanol–water partition coefficient (Wildman–Crippen LogP) is 4.40. The number of carbonyl (C=O) groups excluding carboxylic acids is 1. The summed E-state index contributed by atoms with van der Waals surface area (Å²) in [6.45, 7) is 4.49. The minimum atomic E-state index is -1.53. The van der Waals surface area contributed by atoms with E-state index in [0.717, 1.165) is 54.0 Å². The summed E-state index contributed by atoms with van der Waals surface area (Å²) < 4.78 is 40.7. The van der Waals surface area contributed by atoms with E-state index in [4.69, 9.17) is 4.98 Å². The first kappa shape index (κ1) is 22.3. The smallest absolute Gasteiger partial charge is 0.229 e. The number of benzene rings is 1. The van der Waals surface area contributed by atoms with Gasteiger partial charge in [-0.3, -0.25) is 4.79 Å². The van der Waals surface area contributed by atoms with Crippen LogP contribution in [0.5, 0.6) is 0 Å². The zero-order valence-corrected chi connectivity index (χ0v) is 18.9. The number of likely N-dealkylation sites (tertiary alicyclic amines) is 1. The van der Waals surface area contributed by atoms with Gasteiger partial charge in [0.05, 0.1) is 17.2 Å². The Kier molecular flexibility index (Phi) is 5.50. The van der Waals surface area contributed by atoms with Crippen molar-refractivity contribution in [3.8, 4) is 11.4 Å². The summed E-state index contributed by atoms with van der Waals surface area (Å²) in [7, 11) is 0. The molecule has 0 saturated carbocycles. The number of halogens is 3. The van der Waals surface area contributed by atoms with Crippen LogP contribution in [-0.2, 0) is 11.2 Å². The van der Waals surface area contributed by atoms with Gasteiger partial charge in [-0.05, 0) is 68.5 Å². The maximum absolute atomic E-state index is 13.7. The van der Waals surface area contributed by atoms with E-state index in [1.807, 2.05) is 6.92 Å². The molecule has 1 N–H and O–H groups in total. The molecule has 2 aliphatic heterocycles. The quantitative estimate of drug-likeness (QED) is 0.579. The van der Waals surface area contributed by atoms with Gasteiger partial charge in [0.15, 0.2) is 23.3 Å². The monoisotopic (exact) mass is 467 g/mol. The molecule has 3 aromatic rings. The van der Waals surface area contributed by atoms with Gasteiger partial charge in [-0.2, -0.15) is 0 Å². The molecule has 2 atom stereocenters. The number of aromatic nitrogens is 3. The van der Waals surface area contributed by atoms with E-state index in [-0.39, 0.29) is 17.0 Å². The third-order valence-electron chi connectivity index (χ3n) is 6.90. The molecule has 1 fully saturated rings. The number of carbonyl (C=O) groups is 1. The Morgan fingerprint density at radius 3 is 2.53 bits per heavy atom. The molecule has 2 aromatic heterocycles. The van der Waals surface area contributed by atoms with Crippen LogP contribution in [0.15, 0.2) is 36.7 Å². The predicted molar refractivity (Wildman–Crippen MR) is 121 cm³/mol. The van der Waals surface area contributed by atoms with E-state index in [1.165, 1.54) is 0 Å². The lowest BCUT2D eigenvalue weighted by Crippen LogP contribution is -2.46. The van der Waals surface area contributed by atoms with Crippen molar-refractivity contribution in [3.05, 3.63) is 70.9 Å². The molecule has 1 spiro atoms. The Morgan fingerprint density at radius 2 is 1.82 bits per heavy atom. The molecule has 34 heavy (non-hydrogen) atoms. The normalized spacial score (nSPS) is 20.2. The lowest BCUT2D eigenvalue weighted by Gasteiger charge is -2.36. The van der Waals surface area contributed by atoms with Crippen LogP contribution in [0.3, 0.4) is 0 Å². The molecule has 1 saturated heterocycles. The summed E-state index contributed by atoms with van der Waals surface area (Å²) in [6, 6.07) is 5.63. The number of amides is 1. The fourth-order valence-corrected chi connectivity index (χ4v) is 4.91. The van der Waals surface area contributed by atoms with Crippen LogP contribution in [0.25, 0.3) is 11.4 Å². The third kappa shape index (κ3) is 3.89. The Morgan fingerprint density at radius 1 is 1.12 bits per heavy atom. The first-order chi connectivity index (χ1) is 16.3. The van der Waals surface area contributed by atoms with E-state index in [1.54, 1.807) is 30.3 Å². The van der Waals surface area contributed by atoms with E-state index < -0.39 is 23.4 Å². The number of nitrogens with zero attached hydrogens (tertiary/aromatic N) is 4. The number of aryl methyl sites for hydroxylation is 2. The van der Waals surface area contributed by atoms with Crippen LogP contribution in [0.1, 0.15) is 42.5 Å². The summed E-state index contributed by atoms with van der Waals surface area (Å²) in [6.07, 6.45) is 5.75. The minimum absolute atomic E-state index is 0.122. The molecule has 4 heterocycles. The van der Waals surface area contributed by atoms with Crippen molar-refractivity contribution in [1.82, 2.24) is 19.9 Å². The van der Waals surface area contributed by atoms with Gasteiger partial charge in [0.2, 0.25) is 5.91 Å². The molecule has 176 valence electrons. The summed E-state index contributed by atoms with van der Waals surface area (Å²) in [5.41, 5.74) is 2.60. The van der Waals surface area contributed by atoms with Crippen molar-refractivity contribution in [2.24, 2.45) is 0 Å². The van der Waals surface area contributed by atoms with Gasteiger partial charge < -0.3 is 10.2 Å². The number of hydrogen-bond donors (Lipinski definition) is 1. The van der Waals surface area contributed by atoms with Crippen LogP contribution in [0, 0.1) is 24.4 Å². The van der Waals surface area contributed by atoms with Crippen LogP contribution < -0.4 is 5.32 Å². The number of anilines is 1. The molecule has 0 aliphatic carbocycles. The zero-order valence-electron chi connectivity index (χ0n) is 18.9. The molecule has 5 rings (SSSR count). The van der Waals surface area contributed by atoms with E-state index in [2.05, 4.69) is 21.4 Å².